The van der Waals surface area contributed by atoms with E-state index >= 15 is 0 Å². The highest BCUT2D eigenvalue weighted by atomic mass is 16.5. The third kappa shape index (κ3) is 3.98. The fraction of sp³-hybridized carbons (Fsp3) is 0.412. The number of hydrogen-bond acceptors (Lipinski definition) is 5. The van der Waals surface area contributed by atoms with E-state index in [0.717, 1.165) is 18.5 Å². The van der Waals surface area contributed by atoms with Crippen molar-refractivity contribution < 1.29 is 19.2 Å². The number of pyridine rings is 1. The largest absolute Gasteiger partial charge is 0.478 e. The van der Waals surface area contributed by atoms with Crippen molar-refractivity contribution >= 4 is 11.9 Å². The Bertz CT molecular complexity index is 735. The van der Waals surface area contributed by atoms with Crippen LogP contribution in [-0.2, 0) is 6.54 Å². The van der Waals surface area contributed by atoms with Crippen LogP contribution in [-0.4, -0.2) is 27.1 Å². The fourth-order valence-electron chi connectivity index (χ4n) is 2.48. The third-order valence-electron chi connectivity index (χ3n) is 3.95. The molecule has 0 saturated carbocycles. The summed E-state index contributed by atoms with van der Waals surface area (Å²) in [5, 5.41) is 15.7. The van der Waals surface area contributed by atoms with E-state index in [1.165, 1.54) is 12.1 Å². The van der Waals surface area contributed by atoms with Crippen LogP contribution in [0.5, 0.6) is 0 Å². The topological polar surface area (TPSA) is 105 Å². The Morgan fingerprint density at radius 1 is 1.29 bits per heavy atom. The number of carbonyl (C=O) groups is 2. The van der Waals surface area contributed by atoms with Gasteiger partial charge in [-0.15, -0.1) is 0 Å². The Morgan fingerprint density at radius 2 is 2.00 bits per heavy atom. The van der Waals surface area contributed by atoms with Crippen LogP contribution in [0.4, 0.5) is 0 Å². The first kappa shape index (κ1) is 17.7. The quantitative estimate of drug-likeness (QED) is 0.808. The number of nitrogens with one attached hydrogen (secondary N) is 1. The Morgan fingerprint density at radius 3 is 2.58 bits per heavy atom. The highest BCUT2D eigenvalue weighted by Crippen LogP contribution is 2.22. The van der Waals surface area contributed by atoms with Gasteiger partial charge in [0.1, 0.15) is 5.69 Å². The molecule has 2 N–H and O–H groups in total. The standard InChI is InChI=1S/C17H21N3O4/c1-4-11(5-2)15-8-12(24-20-15)9-18-16(21)14-7-6-13(17(22)23)10(3)19-14/h6-8,11H,4-5,9H2,1-3H3,(H,18,21)(H,22,23). The maximum absolute atomic E-state index is 12.1. The summed E-state index contributed by atoms with van der Waals surface area (Å²) in [5.41, 5.74) is 1.43. The summed E-state index contributed by atoms with van der Waals surface area (Å²) in [5.74, 6) is -0.534. The van der Waals surface area contributed by atoms with Crippen molar-refractivity contribution in [2.45, 2.75) is 46.1 Å². The molecule has 0 aromatic carbocycles. The minimum Gasteiger partial charge on any atom is -0.478 e. The molecule has 24 heavy (non-hydrogen) atoms. The maximum Gasteiger partial charge on any atom is 0.337 e. The Kier molecular flexibility index (Phi) is 5.68. The van der Waals surface area contributed by atoms with E-state index in [1.54, 1.807) is 6.92 Å². The second kappa shape index (κ2) is 7.72. The van der Waals surface area contributed by atoms with E-state index in [2.05, 4.69) is 29.3 Å². The predicted octanol–water partition coefficient (Wildman–Crippen LogP) is 2.91. The van der Waals surface area contributed by atoms with Crippen LogP contribution in [0.1, 0.15) is 70.6 Å². The van der Waals surface area contributed by atoms with Gasteiger partial charge in [-0.25, -0.2) is 9.78 Å². The van der Waals surface area contributed by atoms with E-state index in [-0.39, 0.29) is 17.8 Å². The van der Waals surface area contributed by atoms with E-state index < -0.39 is 11.9 Å². The molecule has 0 saturated heterocycles. The lowest BCUT2D eigenvalue weighted by atomic mass is 9.99. The molecule has 1 amide bonds. The third-order valence-corrected chi connectivity index (χ3v) is 3.95. The summed E-state index contributed by atoms with van der Waals surface area (Å²) in [7, 11) is 0. The molecule has 0 aliphatic heterocycles. The molecule has 2 aromatic rings. The summed E-state index contributed by atoms with van der Waals surface area (Å²) in [4.78, 5) is 27.1. The van der Waals surface area contributed by atoms with Gasteiger partial charge < -0.3 is 14.9 Å². The van der Waals surface area contributed by atoms with E-state index in [4.69, 9.17) is 9.63 Å². The lowest BCUT2D eigenvalue weighted by Crippen LogP contribution is -2.24. The number of aryl methyl sites for hydroxylation is 1. The van der Waals surface area contributed by atoms with Crippen molar-refractivity contribution in [3.63, 3.8) is 0 Å². The molecular formula is C17H21N3O4. The van der Waals surface area contributed by atoms with Crippen molar-refractivity contribution in [3.05, 3.63) is 46.6 Å². The maximum atomic E-state index is 12.1. The van der Waals surface area contributed by atoms with Crippen molar-refractivity contribution in [1.82, 2.24) is 15.5 Å². The number of carbonyl (C=O) groups excluding carboxylic acids is 1. The molecule has 0 radical (unpaired) electrons. The number of carboxylic acids is 1. The molecular weight excluding hydrogens is 310 g/mol. The Balaban J connectivity index is 2.01. The smallest absolute Gasteiger partial charge is 0.337 e. The molecule has 2 aromatic heterocycles. The lowest BCUT2D eigenvalue weighted by Gasteiger charge is -2.06. The number of aromatic nitrogens is 2. The average molecular weight is 331 g/mol. The van der Waals surface area contributed by atoms with Crippen LogP contribution in [0.15, 0.2) is 22.7 Å². The molecule has 0 spiro atoms. The highest BCUT2D eigenvalue weighted by Gasteiger charge is 2.15. The summed E-state index contributed by atoms with van der Waals surface area (Å²) >= 11 is 0. The van der Waals surface area contributed by atoms with Crippen molar-refractivity contribution in [2.75, 3.05) is 0 Å². The zero-order valence-electron chi connectivity index (χ0n) is 14.0. The van der Waals surface area contributed by atoms with E-state index in [9.17, 15) is 9.59 Å². The average Bonchev–Trinajstić information content (AvgIpc) is 3.02. The van der Waals surface area contributed by atoms with Gasteiger partial charge >= 0.3 is 5.97 Å². The van der Waals surface area contributed by atoms with E-state index in [1.807, 2.05) is 6.07 Å². The van der Waals surface area contributed by atoms with Gasteiger partial charge in [-0.2, -0.15) is 0 Å². The summed E-state index contributed by atoms with van der Waals surface area (Å²) < 4.78 is 5.25. The highest BCUT2D eigenvalue weighted by molar-refractivity contribution is 5.94. The lowest BCUT2D eigenvalue weighted by molar-refractivity contribution is 0.0694. The van der Waals surface area contributed by atoms with Crippen molar-refractivity contribution in [2.24, 2.45) is 0 Å². The Labute approximate surface area is 140 Å². The molecule has 128 valence electrons. The summed E-state index contributed by atoms with van der Waals surface area (Å²) in [6.45, 7) is 5.95. The van der Waals surface area contributed by atoms with Gasteiger partial charge in [0, 0.05) is 12.0 Å². The number of carboxylic acid groups (broad SMARTS) is 1. The molecule has 7 nitrogen and oxygen atoms in total. The van der Waals surface area contributed by atoms with Crippen LogP contribution >= 0.6 is 0 Å². The van der Waals surface area contributed by atoms with Crippen LogP contribution in [0.25, 0.3) is 0 Å². The van der Waals surface area contributed by atoms with Gasteiger partial charge in [-0.05, 0) is 31.9 Å². The molecule has 0 fully saturated rings. The first-order chi connectivity index (χ1) is 11.5. The van der Waals surface area contributed by atoms with E-state index in [0.29, 0.717) is 17.4 Å². The zero-order valence-corrected chi connectivity index (χ0v) is 14.0. The van der Waals surface area contributed by atoms with Gasteiger partial charge in [0.05, 0.1) is 23.5 Å². The number of rotatable bonds is 7. The van der Waals surface area contributed by atoms with Crippen LogP contribution < -0.4 is 5.32 Å². The minimum absolute atomic E-state index is 0.0802. The molecule has 2 heterocycles. The minimum atomic E-state index is -1.07. The zero-order chi connectivity index (χ0) is 17.7. The van der Waals surface area contributed by atoms with Crippen molar-refractivity contribution in [1.29, 1.82) is 0 Å². The monoisotopic (exact) mass is 331 g/mol. The summed E-state index contributed by atoms with van der Waals surface area (Å²) in [6.07, 6.45) is 1.96. The number of amides is 1. The SMILES string of the molecule is CCC(CC)c1cc(CNC(=O)c2ccc(C(=O)O)c(C)n2)on1. The van der Waals surface area contributed by atoms with Gasteiger partial charge in [-0.1, -0.05) is 19.0 Å². The second-order valence-corrected chi connectivity index (χ2v) is 5.55. The van der Waals surface area contributed by atoms with Gasteiger partial charge in [0.25, 0.3) is 5.91 Å². The van der Waals surface area contributed by atoms with Crippen LogP contribution in [0, 0.1) is 6.92 Å². The predicted molar refractivity (Wildman–Crippen MR) is 86.9 cm³/mol. The first-order valence-corrected chi connectivity index (χ1v) is 7.90. The van der Waals surface area contributed by atoms with Gasteiger partial charge in [0.2, 0.25) is 0 Å². The van der Waals surface area contributed by atoms with Crippen LogP contribution in [0.2, 0.25) is 0 Å². The number of aromatic carboxylic acids is 1. The number of hydrogen-bond donors (Lipinski definition) is 2. The van der Waals surface area contributed by atoms with Gasteiger partial charge in [-0.3, -0.25) is 4.79 Å². The molecule has 0 unspecified atom stereocenters. The molecule has 0 atom stereocenters. The second-order valence-electron chi connectivity index (χ2n) is 5.55. The summed E-state index contributed by atoms with van der Waals surface area (Å²) in [6, 6.07) is 4.62. The fourth-order valence-corrected chi connectivity index (χ4v) is 2.48. The van der Waals surface area contributed by atoms with Gasteiger partial charge in [0.15, 0.2) is 5.76 Å². The normalized spacial score (nSPS) is 10.8. The number of nitrogens with zero attached hydrogens (tertiary/aromatic N) is 2. The molecule has 0 bridgehead atoms. The first-order valence-electron chi connectivity index (χ1n) is 7.90. The Hall–Kier alpha value is -2.70. The molecule has 0 aliphatic carbocycles. The van der Waals surface area contributed by atoms with Crippen molar-refractivity contribution in [3.8, 4) is 0 Å². The molecule has 7 heteroatoms. The van der Waals surface area contributed by atoms with Crippen LogP contribution in [0.3, 0.4) is 0 Å². The molecule has 0 aliphatic rings. The molecule has 2 rings (SSSR count).